The van der Waals surface area contributed by atoms with Crippen molar-refractivity contribution in [2.24, 2.45) is 4.99 Å². The molecule has 0 saturated carbocycles. The standard InChI is InChI=1S/C64H40BF14N3/c1-35-31-36(2)54(37(3)32-35)57(60-50(38-13-22-43(23-14-38)61(66,67)68)34-52(82(60)65(78)79)39-15-24-44(25-16-39)62(69,70)71)59-55(40-17-26-45(27-18-40)63(72,73)74)56(58(80-59)41-19-28-46(29-20-41)64(75,76)77)42-21-30-49-48-11-7-8-12-51(48)81(53(49)33-42)47-9-5-4-6-10-47/h4-34H,1-3H3/b59-57-. The van der Waals surface area contributed by atoms with E-state index >= 15 is 8.63 Å². The van der Waals surface area contributed by atoms with Gasteiger partial charge in [-0.05, 0) is 139 Å². The summed E-state index contributed by atoms with van der Waals surface area (Å²) in [6, 6.07) is 41.6. The van der Waals surface area contributed by atoms with Crippen molar-refractivity contribution in [2.75, 3.05) is 0 Å². The van der Waals surface area contributed by atoms with Crippen molar-refractivity contribution in [3.63, 3.8) is 0 Å². The van der Waals surface area contributed by atoms with E-state index in [-0.39, 0.29) is 61.5 Å². The number of aryl methyl sites for hydroxylation is 3. The summed E-state index contributed by atoms with van der Waals surface area (Å²) in [7, 11) is -3.57. The number of rotatable bonds is 9. The lowest BCUT2D eigenvalue weighted by Gasteiger charge is -2.23. The molecule has 82 heavy (non-hydrogen) atoms. The molecular formula is C64H40BF14N3. The van der Waals surface area contributed by atoms with Gasteiger partial charge in [0.15, 0.2) is 0 Å². The SMILES string of the molecule is Cc1cc(C)c(/C(=C2/N=C(c3ccc(C(F)(F)F)cc3)C(c3ccc4c5ccccc5n(-c5ccccc5)c4c3)=C2c2ccc(C(F)(F)F)cc2)c2c(-c3ccc(C(F)(F)F)cc3)cc(-c3ccc(C(F)(F)F)cc3)n2B(F)F)c(C)c1. The van der Waals surface area contributed by atoms with Crippen molar-refractivity contribution in [1.29, 1.82) is 0 Å². The molecule has 2 aromatic heterocycles. The van der Waals surface area contributed by atoms with Crippen LogP contribution in [0, 0.1) is 20.8 Å². The van der Waals surface area contributed by atoms with Crippen LogP contribution in [0.25, 0.3) is 66.6 Å². The van der Waals surface area contributed by atoms with Crippen LogP contribution in [-0.2, 0) is 24.7 Å². The van der Waals surface area contributed by atoms with E-state index in [4.69, 9.17) is 4.99 Å². The summed E-state index contributed by atoms with van der Waals surface area (Å²) < 4.78 is 208. The maximum atomic E-state index is 16.8. The summed E-state index contributed by atoms with van der Waals surface area (Å²) >= 11 is 0. The van der Waals surface area contributed by atoms with Gasteiger partial charge in [0.05, 0.1) is 50.4 Å². The van der Waals surface area contributed by atoms with Crippen molar-refractivity contribution in [3.8, 4) is 28.1 Å². The molecule has 18 heteroatoms. The Bertz CT molecular complexity index is 4190. The normalized spacial score (nSPS) is 14.1. The van der Waals surface area contributed by atoms with Crippen molar-refractivity contribution in [2.45, 2.75) is 45.5 Å². The topological polar surface area (TPSA) is 22.2 Å². The Labute approximate surface area is 459 Å². The minimum atomic E-state index is -4.85. The van der Waals surface area contributed by atoms with E-state index in [2.05, 4.69) is 0 Å². The number of hydrogen-bond acceptors (Lipinski definition) is 1. The van der Waals surface area contributed by atoms with E-state index in [1.165, 1.54) is 6.07 Å². The third-order valence-electron chi connectivity index (χ3n) is 14.6. The summed E-state index contributed by atoms with van der Waals surface area (Å²) in [6.45, 7) is 5.09. The number of para-hydroxylation sites is 2. The summed E-state index contributed by atoms with van der Waals surface area (Å²) in [5.74, 6) is 0. The zero-order chi connectivity index (χ0) is 58.4. The second kappa shape index (κ2) is 20.3. The Hall–Kier alpha value is -8.93. The Morgan fingerprint density at radius 1 is 0.427 bits per heavy atom. The number of aromatic nitrogens is 2. The average Bonchev–Trinajstić information content (AvgIpc) is 4.33. The molecule has 1 aliphatic rings. The van der Waals surface area contributed by atoms with E-state index in [0.717, 1.165) is 107 Å². The van der Waals surface area contributed by atoms with Crippen LogP contribution >= 0.6 is 0 Å². The van der Waals surface area contributed by atoms with Gasteiger partial charge in [-0.3, -0.25) is 8.63 Å². The summed E-state index contributed by atoms with van der Waals surface area (Å²) in [4.78, 5) is 5.28. The van der Waals surface area contributed by atoms with Crippen LogP contribution in [0.3, 0.4) is 0 Å². The fourth-order valence-corrected chi connectivity index (χ4v) is 11.1. The molecule has 10 aromatic rings. The summed E-state index contributed by atoms with van der Waals surface area (Å²) in [5, 5.41) is 1.58. The van der Waals surface area contributed by atoms with Crippen LogP contribution in [-0.4, -0.2) is 22.2 Å². The molecule has 8 aromatic carbocycles. The third-order valence-corrected chi connectivity index (χ3v) is 14.6. The van der Waals surface area contributed by atoms with Gasteiger partial charge in [0.2, 0.25) is 0 Å². The number of allylic oxidation sites excluding steroid dienone is 2. The first-order valence-electron chi connectivity index (χ1n) is 25.3. The van der Waals surface area contributed by atoms with Crippen LogP contribution in [0.5, 0.6) is 0 Å². The quantitative estimate of drug-likeness (QED) is 0.102. The number of fused-ring (bicyclic) bond motifs is 3. The molecule has 3 heterocycles. The molecule has 0 amide bonds. The van der Waals surface area contributed by atoms with Gasteiger partial charge in [0.25, 0.3) is 0 Å². The predicted molar refractivity (Wildman–Crippen MR) is 292 cm³/mol. The minimum Gasteiger partial charge on any atom is -0.324 e. The molecule has 412 valence electrons. The largest absolute Gasteiger partial charge is 0.678 e. The second-order valence-electron chi connectivity index (χ2n) is 19.9. The Morgan fingerprint density at radius 2 is 0.878 bits per heavy atom. The molecule has 0 radical (unpaired) electrons. The average molecular weight is 1130 g/mol. The summed E-state index contributed by atoms with van der Waals surface area (Å²) in [6.07, 6.45) is -19.4. The second-order valence-corrected chi connectivity index (χ2v) is 19.9. The third kappa shape index (κ3) is 9.97. The number of hydrogen-bond donors (Lipinski definition) is 0. The first-order valence-corrected chi connectivity index (χ1v) is 25.3. The van der Waals surface area contributed by atoms with Crippen molar-refractivity contribution in [1.82, 2.24) is 9.05 Å². The highest BCUT2D eigenvalue weighted by molar-refractivity contribution is 6.44. The number of alkyl halides is 12. The van der Waals surface area contributed by atoms with Gasteiger partial charge >= 0.3 is 32.1 Å². The van der Waals surface area contributed by atoms with Crippen LogP contribution < -0.4 is 0 Å². The Kier molecular flexibility index (Phi) is 13.6. The van der Waals surface area contributed by atoms with Crippen LogP contribution in [0.4, 0.5) is 61.3 Å². The van der Waals surface area contributed by atoms with Gasteiger partial charge in [-0.1, -0.05) is 115 Å². The maximum absolute atomic E-state index is 16.8. The van der Waals surface area contributed by atoms with E-state index < -0.39 is 65.7 Å². The minimum absolute atomic E-state index is 0.0104. The first-order chi connectivity index (χ1) is 38.8. The molecule has 0 bridgehead atoms. The molecule has 1 aliphatic heterocycles. The van der Waals surface area contributed by atoms with E-state index in [1.807, 2.05) is 65.2 Å². The van der Waals surface area contributed by atoms with E-state index in [0.29, 0.717) is 44.4 Å². The first kappa shape index (κ1) is 55.0. The zero-order valence-corrected chi connectivity index (χ0v) is 43.1. The van der Waals surface area contributed by atoms with E-state index in [9.17, 15) is 52.7 Å². The van der Waals surface area contributed by atoms with Crippen molar-refractivity contribution in [3.05, 3.63) is 261 Å². The van der Waals surface area contributed by atoms with Crippen LogP contribution in [0.1, 0.15) is 66.9 Å². The molecule has 3 nitrogen and oxygen atoms in total. The van der Waals surface area contributed by atoms with Gasteiger partial charge in [0, 0.05) is 50.0 Å². The monoisotopic (exact) mass is 1130 g/mol. The Balaban J connectivity index is 1.36. The molecule has 0 spiro atoms. The highest BCUT2D eigenvalue weighted by Gasteiger charge is 2.40. The highest BCUT2D eigenvalue weighted by atomic mass is 19.4. The molecular weight excluding hydrogens is 1090 g/mol. The van der Waals surface area contributed by atoms with Gasteiger partial charge in [0.1, 0.15) is 0 Å². The predicted octanol–water partition coefficient (Wildman–Crippen LogP) is 19.6. The van der Waals surface area contributed by atoms with Crippen molar-refractivity contribution >= 4 is 51.6 Å². The van der Waals surface area contributed by atoms with Gasteiger partial charge in [-0.25, -0.2) is 4.99 Å². The number of nitrogens with zero attached hydrogens (tertiary/aromatic N) is 3. The molecule has 0 unspecified atom stereocenters. The lowest BCUT2D eigenvalue weighted by molar-refractivity contribution is -0.138. The fraction of sp³-hybridized carbons (Fsp3) is 0.109. The van der Waals surface area contributed by atoms with Crippen molar-refractivity contribution < 1.29 is 61.3 Å². The molecule has 11 rings (SSSR count). The number of benzene rings is 8. The summed E-state index contributed by atoms with van der Waals surface area (Å²) in [5.41, 5.74) is -1.49. The number of halogens is 14. The Morgan fingerprint density at radius 3 is 1.39 bits per heavy atom. The maximum Gasteiger partial charge on any atom is 0.678 e. The molecule has 0 aliphatic carbocycles. The molecule has 0 atom stereocenters. The smallest absolute Gasteiger partial charge is 0.324 e. The zero-order valence-electron chi connectivity index (χ0n) is 43.1. The van der Waals surface area contributed by atoms with Crippen LogP contribution in [0.15, 0.2) is 199 Å². The van der Waals surface area contributed by atoms with Crippen LogP contribution in [0.2, 0.25) is 0 Å². The lowest BCUT2D eigenvalue weighted by atomic mass is 9.83. The number of aliphatic imine (C=N–C) groups is 1. The fourth-order valence-electron chi connectivity index (χ4n) is 11.1. The van der Waals surface area contributed by atoms with Gasteiger partial charge < -0.3 is 9.05 Å². The molecule has 0 fully saturated rings. The molecule has 0 saturated heterocycles. The molecule has 0 N–H and O–H groups in total. The highest BCUT2D eigenvalue weighted by Crippen LogP contribution is 2.52. The lowest BCUT2D eigenvalue weighted by Crippen LogP contribution is -2.19. The van der Waals surface area contributed by atoms with E-state index in [1.54, 1.807) is 45.0 Å². The van der Waals surface area contributed by atoms with Gasteiger partial charge in [-0.2, -0.15) is 52.7 Å². The van der Waals surface area contributed by atoms with Gasteiger partial charge in [-0.15, -0.1) is 0 Å².